The topological polar surface area (TPSA) is 192 Å². The molecular weight excluding hydrogens is 908 g/mol. The Morgan fingerprint density at radius 2 is 0.843 bits per heavy atom. The molecule has 0 radical (unpaired) electrons. The summed E-state index contributed by atoms with van der Waals surface area (Å²) in [6.45, 7) is 4.04. The maximum Gasteiger partial charge on any atom is 0.472 e. The molecule has 1 fully saturated rings. The first-order valence-electron chi connectivity index (χ1n) is 27.1. The lowest BCUT2D eigenvalue weighted by molar-refractivity contribution is -0.220. The van der Waals surface area contributed by atoms with Crippen LogP contribution >= 0.6 is 7.82 Å². The number of carbonyl (C=O) groups excluding carboxylic acids is 1. The SMILES string of the molecule is CC/C=C\C/C=C\C/C=C\C/C=C\C/C=C\C/C=C\C/C=C\CCCCOCC(COP(=O)(O)OC1C(O)C(O)C(O)C(O)C1O)OC(=O)CCCCCCCCCCC/C=C\CCCCCCCC. The Balaban J connectivity index is 2.37. The molecule has 0 bridgehead atoms. The van der Waals surface area contributed by atoms with Gasteiger partial charge in [0.25, 0.3) is 0 Å². The Kier molecular flexibility index (Phi) is 43.0. The van der Waals surface area contributed by atoms with Crippen molar-refractivity contribution in [3.63, 3.8) is 0 Å². The molecule has 0 aliphatic heterocycles. The van der Waals surface area contributed by atoms with Crippen molar-refractivity contribution < 1.29 is 58.3 Å². The van der Waals surface area contributed by atoms with Crippen LogP contribution in [0.1, 0.15) is 194 Å². The van der Waals surface area contributed by atoms with Crippen LogP contribution in [-0.4, -0.2) is 98.9 Å². The van der Waals surface area contributed by atoms with Crippen molar-refractivity contribution >= 4 is 13.8 Å². The summed E-state index contributed by atoms with van der Waals surface area (Å²) < 4.78 is 34.3. The van der Waals surface area contributed by atoms with Gasteiger partial charge in [-0.05, 0) is 96.3 Å². The van der Waals surface area contributed by atoms with Crippen molar-refractivity contribution in [2.45, 2.75) is 236 Å². The molecule has 0 aromatic heterocycles. The van der Waals surface area contributed by atoms with Gasteiger partial charge >= 0.3 is 13.8 Å². The number of carbonyl (C=O) groups is 1. The van der Waals surface area contributed by atoms with Crippen LogP contribution in [-0.2, 0) is 27.9 Å². The van der Waals surface area contributed by atoms with E-state index in [-0.39, 0.29) is 13.0 Å². The summed E-state index contributed by atoms with van der Waals surface area (Å²) in [5, 5.41) is 50.4. The van der Waals surface area contributed by atoms with Crippen molar-refractivity contribution in [2.24, 2.45) is 0 Å². The summed E-state index contributed by atoms with van der Waals surface area (Å²) in [5.41, 5.74) is 0. The van der Waals surface area contributed by atoms with Crippen LogP contribution in [0.15, 0.2) is 97.2 Å². The third-order valence-electron chi connectivity index (χ3n) is 11.9. The number of unbranched alkanes of at least 4 members (excludes halogenated alkanes) is 17. The molecule has 13 heteroatoms. The summed E-state index contributed by atoms with van der Waals surface area (Å²) in [6.07, 6.45) is 51.9. The number of ether oxygens (including phenoxy) is 2. The van der Waals surface area contributed by atoms with E-state index in [4.69, 9.17) is 18.5 Å². The molecule has 1 aliphatic carbocycles. The fraction of sp³-hybridized carbons (Fsp3) is 0.702. The monoisotopic (exact) mass is 1000 g/mol. The summed E-state index contributed by atoms with van der Waals surface area (Å²) in [4.78, 5) is 23.3. The Morgan fingerprint density at radius 1 is 0.471 bits per heavy atom. The van der Waals surface area contributed by atoms with Crippen LogP contribution in [0.3, 0.4) is 0 Å². The lowest BCUT2D eigenvalue weighted by Gasteiger charge is -2.41. The second-order valence-corrected chi connectivity index (χ2v) is 19.7. The van der Waals surface area contributed by atoms with Crippen LogP contribution in [0.5, 0.6) is 0 Å². The van der Waals surface area contributed by atoms with Gasteiger partial charge in [0, 0.05) is 13.0 Å². The molecule has 6 N–H and O–H groups in total. The normalized spacial score (nSPS) is 21.7. The summed E-state index contributed by atoms with van der Waals surface area (Å²) >= 11 is 0. The maximum atomic E-state index is 12.9. The van der Waals surface area contributed by atoms with Crippen LogP contribution < -0.4 is 0 Å². The predicted molar refractivity (Wildman–Crippen MR) is 285 cm³/mol. The molecule has 0 aromatic rings. The quantitative estimate of drug-likeness (QED) is 0.0147. The molecule has 1 saturated carbocycles. The molecule has 1 aliphatic rings. The van der Waals surface area contributed by atoms with Gasteiger partial charge in [0.2, 0.25) is 0 Å². The minimum Gasteiger partial charge on any atom is -0.457 e. The van der Waals surface area contributed by atoms with Crippen LogP contribution in [0.2, 0.25) is 0 Å². The minimum atomic E-state index is -5.04. The van der Waals surface area contributed by atoms with E-state index in [1.807, 2.05) is 0 Å². The van der Waals surface area contributed by atoms with Crippen LogP contribution in [0.25, 0.3) is 0 Å². The van der Waals surface area contributed by atoms with Crippen molar-refractivity contribution in [2.75, 3.05) is 19.8 Å². The number of esters is 1. The highest BCUT2D eigenvalue weighted by atomic mass is 31.2. The van der Waals surface area contributed by atoms with E-state index in [0.29, 0.717) is 13.0 Å². The highest BCUT2D eigenvalue weighted by Crippen LogP contribution is 2.47. The standard InChI is InChI=1S/C57H97O12P/c1-3-5-7-9-11-13-15-17-19-21-23-24-25-26-27-29-31-33-35-37-39-41-43-45-47-66-48-50(49-67-70(64,65)69-57-55(62)53(60)52(59)54(61)56(57)63)68-51(58)46-44-42-40-38-36-34-32-30-28-22-20-18-16-14-12-10-8-6-4-2/h5,7,11,13,17-20,23-24,26-27,31,33,37,39,50,52-57,59-63H,3-4,6,8-10,12,14-16,21-22,25,28-30,32,34-36,38,40-49H2,1-2H3,(H,64,65)/b7-5-,13-11-,19-17-,20-18-,24-23-,27-26-,33-31-,39-37-. The van der Waals surface area contributed by atoms with E-state index < -0.39 is 63.1 Å². The minimum absolute atomic E-state index is 0.113. The van der Waals surface area contributed by atoms with Gasteiger partial charge in [-0.1, -0.05) is 188 Å². The predicted octanol–water partition coefficient (Wildman–Crippen LogP) is 12.6. The zero-order chi connectivity index (χ0) is 51.2. The fourth-order valence-corrected chi connectivity index (χ4v) is 8.66. The van der Waals surface area contributed by atoms with Gasteiger partial charge in [0.15, 0.2) is 0 Å². The molecule has 70 heavy (non-hydrogen) atoms. The molecule has 0 amide bonds. The number of aliphatic hydroxyl groups is 5. The van der Waals surface area contributed by atoms with Crippen molar-refractivity contribution in [3.05, 3.63) is 97.2 Å². The number of phosphoric ester groups is 1. The summed E-state index contributed by atoms with van der Waals surface area (Å²) in [7, 11) is -5.04. The maximum absolute atomic E-state index is 12.9. The number of allylic oxidation sites excluding steroid dienone is 16. The second-order valence-electron chi connectivity index (χ2n) is 18.3. The molecule has 6 unspecified atom stereocenters. The number of hydrogen-bond donors (Lipinski definition) is 6. The lowest BCUT2D eigenvalue weighted by atomic mass is 9.85. The first-order chi connectivity index (χ1) is 34.0. The Bertz CT molecular complexity index is 1520. The number of aliphatic hydroxyl groups excluding tert-OH is 5. The largest absolute Gasteiger partial charge is 0.472 e. The number of rotatable bonds is 45. The molecule has 0 spiro atoms. The molecular formula is C57H97O12P. The first-order valence-corrected chi connectivity index (χ1v) is 28.6. The zero-order valence-electron chi connectivity index (χ0n) is 43.3. The van der Waals surface area contributed by atoms with Gasteiger partial charge in [-0.2, -0.15) is 0 Å². The van der Waals surface area contributed by atoms with E-state index in [1.165, 1.54) is 83.5 Å². The molecule has 1 rings (SSSR count). The van der Waals surface area contributed by atoms with E-state index >= 15 is 0 Å². The smallest absolute Gasteiger partial charge is 0.457 e. The Hall–Kier alpha value is -2.74. The van der Waals surface area contributed by atoms with Gasteiger partial charge < -0.3 is 39.9 Å². The number of phosphoric acid groups is 1. The average molecular weight is 1010 g/mol. The number of hydrogen-bond acceptors (Lipinski definition) is 11. The van der Waals surface area contributed by atoms with Gasteiger partial charge in [-0.25, -0.2) is 4.57 Å². The molecule has 0 heterocycles. The third-order valence-corrected chi connectivity index (χ3v) is 12.9. The van der Waals surface area contributed by atoms with Gasteiger partial charge in [-0.3, -0.25) is 13.8 Å². The molecule has 0 saturated heterocycles. The summed E-state index contributed by atoms with van der Waals surface area (Å²) in [6, 6.07) is 0. The van der Waals surface area contributed by atoms with Crippen LogP contribution in [0, 0.1) is 0 Å². The van der Waals surface area contributed by atoms with Crippen molar-refractivity contribution in [3.8, 4) is 0 Å². The second kappa shape index (κ2) is 46.1. The lowest BCUT2D eigenvalue weighted by Crippen LogP contribution is -2.64. The van der Waals surface area contributed by atoms with Gasteiger partial charge in [0.1, 0.15) is 42.7 Å². The van der Waals surface area contributed by atoms with Crippen LogP contribution in [0.4, 0.5) is 0 Å². The van der Waals surface area contributed by atoms with E-state index in [1.54, 1.807) is 0 Å². The summed E-state index contributed by atoms with van der Waals surface area (Å²) in [5.74, 6) is -0.498. The van der Waals surface area contributed by atoms with E-state index in [0.717, 1.165) is 83.5 Å². The Labute approximate surface area is 424 Å². The van der Waals surface area contributed by atoms with Crippen molar-refractivity contribution in [1.29, 1.82) is 0 Å². The third kappa shape index (κ3) is 37.1. The first kappa shape index (κ1) is 65.3. The van der Waals surface area contributed by atoms with Gasteiger partial charge in [0.05, 0.1) is 13.2 Å². The van der Waals surface area contributed by atoms with Gasteiger partial charge in [-0.15, -0.1) is 0 Å². The molecule has 6 atom stereocenters. The molecule has 402 valence electrons. The molecule has 12 nitrogen and oxygen atoms in total. The van der Waals surface area contributed by atoms with E-state index in [9.17, 15) is 39.8 Å². The van der Waals surface area contributed by atoms with Crippen molar-refractivity contribution in [1.82, 2.24) is 0 Å². The zero-order valence-corrected chi connectivity index (χ0v) is 44.2. The average Bonchev–Trinajstić information content (AvgIpc) is 3.35. The van der Waals surface area contributed by atoms with E-state index in [2.05, 4.69) is 111 Å². The fourth-order valence-electron chi connectivity index (χ4n) is 7.68. The highest BCUT2D eigenvalue weighted by Gasteiger charge is 2.51. The molecule has 0 aromatic carbocycles. The Morgan fingerprint density at radius 3 is 1.30 bits per heavy atom. The highest BCUT2D eigenvalue weighted by molar-refractivity contribution is 7.47.